The summed E-state index contributed by atoms with van der Waals surface area (Å²) in [6, 6.07) is 4.26. The largest absolute Gasteiger partial charge is 0.492 e. The molecule has 5 heteroatoms. The number of ether oxygens (including phenoxy) is 1. The Bertz CT molecular complexity index is 399. The van der Waals surface area contributed by atoms with Gasteiger partial charge in [-0.15, -0.1) is 0 Å². The van der Waals surface area contributed by atoms with Crippen LogP contribution < -0.4 is 10.1 Å². The molecule has 1 heterocycles. The van der Waals surface area contributed by atoms with Gasteiger partial charge in [-0.1, -0.05) is 0 Å². The molecule has 1 aromatic rings. The summed E-state index contributed by atoms with van der Waals surface area (Å²) >= 11 is 9.21. The van der Waals surface area contributed by atoms with Gasteiger partial charge in [0.25, 0.3) is 0 Å². The van der Waals surface area contributed by atoms with Crippen LogP contribution in [0.3, 0.4) is 0 Å². The molecule has 2 rings (SSSR count). The normalized spacial score (nSPS) is 18.8. The zero-order valence-electron chi connectivity index (χ0n) is 11.0. The Morgan fingerprint density at radius 3 is 2.68 bits per heavy atom. The fourth-order valence-electron chi connectivity index (χ4n) is 2.16. The molecule has 1 N–H and O–H groups in total. The van der Waals surface area contributed by atoms with E-state index in [0.717, 1.165) is 33.7 Å². The van der Waals surface area contributed by atoms with Crippen LogP contribution in [0, 0.1) is 5.92 Å². The van der Waals surface area contributed by atoms with E-state index in [9.17, 15) is 0 Å². The SMILES string of the molecule is CCOc1c(Br)cc(CNCC2CCSC2)cc1Br. The molecule has 1 unspecified atom stereocenters. The van der Waals surface area contributed by atoms with Crippen molar-refractivity contribution in [2.75, 3.05) is 24.7 Å². The fourth-order valence-corrected chi connectivity index (χ4v) is 4.96. The molecule has 0 spiro atoms. The van der Waals surface area contributed by atoms with Gasteiger partial charge < -0.3 is 10.1 Å². The maximum atomic E-state index is 5.59. The average Bonchev–Trinajstić information content (AvgIpc) is 2.87. The maximum Gasteiger partial charge on any atom is 0.147 e. The molecule has 1 fully saturated rings. The van der Waals surface area contributed by atoms with E-state index in [1.807, 2.05) is 6.92 Å². The molecular formula is C14H19Br2NOS. The van der Waals surface area contributed by atoms with Crippen molar-refractivity contribution in [2.24, 2.45) is 5.92 Å². The summed E-state index contributed by atoms with van der Waals surface area (Å²) in [6.07, 6.45) is 1.36. The van der Waals surface area contributed by atoms with Crippen molar-refractivity contribution in [1.82, 2.24) is 5.32 Å². The van der Waals surface area contributed by atoms with Crippen molar-refractivity contribution < 1.29 is 4.74 Å². The second kappa shape index (κ2) is 7.91. The number of hydrogen-bond acceptors (Lipinski definition) is 3. The highest BCUT2D eigenvalue weighted by Crippen LogP contribution is 2.34. The van der Waals surface area contributed by atoms with E-state index in [1.165, 1.54) is 23.5 Å². The zero-order chi connectivity index (χ0) is 13.7. The predicted octanol–water partition coefficient (Wildman–Crippen LogP) is 4.45. The van der Waals surface area contributed by atoms with Crippen molar-refractivity contribution >= 4 is 43.6 Å². The van der Waals surface area contributed by atoms with Crippen molar-refractivity contribution in [3.8, 4) is 5.75 Å². The third-order valence-electron chi connectivity index (χ3n) is 3.13. The minimum Gasteiger partial charge on any atom is -0.492 e. The molecule has 1 aliphatic heterocycles. The third-order valence-corrected chi connectivity index (χ3v) is 5.54. The monoisotopic (exact) mass is 407 g/mol. The van der Waals surface area contributed by atoms with Crippen LogP contribution in [0.4, 0.5) is 0 Å². The molecule has 0 bridgehead atoms. The number of hydrogen-bond donors (Lipinski definition) is 1. The molecule has 1 aliphatic rings. The second-order valence-corrected chi connectivity index (χ2v) is 7.54. The molecule has 19 heavy (non-hydrogen) atoms. The summed E-state index contributed by atoms with van der Waals surface area (Å²) in [5.74, 6) is 4.37. The van der Waals surface area contributed by atoms with Gasteiger partial charge in [0.05, 0.1) is 15.6 Å². The first-order chi connectivity index (χ1) is 9.20. The molecule has 1 saturated heterocycles. The summed E-state index contributed by atoms with van der Waals surface area (Å²) < 4.78 is 7.61. The predicted molar refractivity (Wildman–Crippen MR) is 90.1 cm³/mol. The van der Waals surface area contributed by atoms with Crippen LogP contribution in [0.15, 0.2) is 21.1 Å². The molecule has 0 saturated carbocycles. The number of rotatable bonds is 6. The van der Waals surface area contributed by atoms with Crippen LogP contribution in [0.25, 0.3) is 0 Å². The van der Waals surface area contributed by atoms with E-state index >= 15 is 0 Å². The minimum atomic E-state index is 0.675. The van der Waals surface area contributed by atoms with Crippen LogP contribution in [0.5, 0.6) is 5.75 Å². The van der Waals surface area contributed by atoms with Gasteiger partial charge in [0.1, 0.15) is 5.75 Å². The smallest absolute Gasteiger partial charge is 0.147 e. The first-order valence-corrected chi connectivity index (χ1v) is 9.34. The molecular weight excluding hydrogens is 390 g/mol. The number of halogens is 2. The van der Waals surface area contributed by atoms with E-state index in [0.29, 0.717) is 6.61 Å². The lowest BCUT2D eigenvalue weighted by Crippen LogP contribution is -2.22. The van der Waals surface area contributed by atoms with Gasteiger partial charge in [-0.05, 0) is 86.9 Å². The Morgan fingerprint density at radius 2 is 2.11 bits per heavy atom. The standard InChI is InChI=1S/C14H19Br2NOS/c1-2-18-14-12(15)5-11(6-13(14)16)8-17-7-10-3-4-19-9-10/h5-6,10,17H,2-4,7-9H2,1H3. The molecule has 0 aliphatic carbocycles. The Hall–Kier alpha value is 0.290. The van der Waals surface area contributed by atoms with Crippen LogP contribution >= 0.6 is 43.6 Å². The topological polar surface area (TPSA) is 21.3 Å². The molecule has 2 nitrogen and oxygen atoms in total. The fraction of sp³-hybridized carbons (Fsp3) is 0.571. The van der Waals surface area contributed by atoms with E-state index in [2.05, 4.69) is 61.1 Å². The highest BCUT2D eigenvalue weighted by Gasteiger charge is 2.15. The summed E-state index contributed by atoms with van der Waals surface area (Å²) in [5.41, 5.74) is 1.27. The van der Waals surface area contributed by atoms with Crippen LogP contribution in [-0.2, 0) is 6.54 Å². The van der Waals surface area contributed by atoms with Crippen molar-refractivity contribution in [3.63, 3.8) is 0 Å². The van der Waals surface area contributed by atoms with Gasteiger partial charge >= 0.3 is 0 Å². The minimum absolute atomic E-state index is 0.675. The summed E-state index contributed by atoms with van der Waals surface area (Å²) in [7, 11) is 0. The van der Waals surface area contributed by atoms with Crippen LogP contribution in [-0.4, -0.2) is 24.7 Å². The van der Waals surface area contributed by atoms with Gasteiger partial charge in [0, 0.05) is 6.54 Å². The number of benzene rings is 1. The molecule has 0 aromatic heterocycles. The molecule has 1 aromatic carbocycles. The van der Waals surface area contributed by atoms with Gasteiger partial charge in [0.15, 0.2) is 0 Å². The Morgan fingerprint density at radius 1 is 1.37 bits per heavy atom. The Labute approximate surface area is 136 Å². The van der Waals surface area contributed by atoms with Gasteiger partial charge in [-0.3, -0.25) is 0 Å². The summed E-state index contributed by atoms with van der Waals surface area (Å²) in [5, 5.41) is 3.55. The van der Waals surface area contributed by atoms with Gasteiger partial charge in [-0.2, -0.15) is 11.8 Å². The van der Waals surface area contributed by atoms with Crippen molar-refractivity contribution in [1.29, 1.82) is 0 Å². The lowest BCUT2D eigenvalue weighted by molar-refractivity contribution is 0.336. The van der Waals surface area contributed by atoms with Crippen molar-refractivity contribution in [2.45, 2.75) is 19.9 Å². The highest BCUT2D eigenvalue weighted by atomic mass is 79.9. The van der Waals surface area contributed by atoms with Crippen LogP contribution in [0.1, 0.15) is 18.9 Å². The Kier molecular flexibility index (Phi) is 6.53. The van der Waals surface area contributed by atoms with Crippen LogP contribution in [0.2, 0.25) is 0 Å². The average molecular weight is 409 g/mol. The molecule has 1 atom stereocenters. The first kappa shape index (κ1) is 15.7. The maximum absolute atomic E-state index is 5.59. The quantitative estimate of drug-likeness (QED) is 0.750. The summed E-state index contributed by atoms with van der Waals surface area (Å²) in [6.45, 7) is 4.70. The van der Waals surface area contributed by atoms with Gasteiger partial charge in [-0.25, -0.2) is 0 Å². The molecule has 0 amide bonds. The highest BCUT2D eigenvalue weighted by molar-refractivity contribution is 9.11. The zero-order valence-corrected chi connectivity index (χ0v) is 15.0. The lowest BCUT2D eigenvalue weighted by Gasteiger charge is -2.13. The first-order valence-electron chi connectivity index (χ1n) is 6.60. The van der Waals surface area contributed by atoms with E-state index in [4.69, 9.17) is 4.74 Å². The summed E-state index contributed by atoms with van der Waals surface area (Å²) in [4.78, 5) is 0. The van der Waals surface area contributed by atoms with E-state index in [1.54, 1.807) is 0 Å². The third kappa shape index (κ3) is 4.66. The molecule has 0 radical (unpaired) electrons. The Balaban J connectivity index is 1.89. The van der Waals surface area contributed by atoms with Crippen molar-refractivity contribution in [3.05, 3.63) is 26.6 Å². The second-order valence-electron chi connectivity index (χ2n) is 4.68. The van der Waals surface area contributed by atoms with E-state index < -0.39 is 0 Å². The van der Waals surface area contributed by atoms with Gasteiger partial charge in [0.2, 0.25) is 0 Å². The lowest BCUT2D eigenvalue weighted by atomic mass is 10.1. The molecule has 106 valence electrons. The number of thioether (sulfide) groups is 1. The number of nitrogens with one attached hydrogen (secondary N) is 1. The van der Waals surface area contributed by atoms with E-state index in [-0.39, 0.29) is 0 Å².